The Balaban J connectivity index is 2.10. The fourth-order valence-corrected chi connectivity index (χ4v) is 3.63. The van der Waals surface area contributed by atoms with E-state index >= 15 is 0 Å². The van der Waals surface area contributed by atoms with Crippen LogP contribution in [0.2, 0.25) is 5.02 Å². The topological polar surface area (TPSA) is 87.7 Å². The van der Waals surface area contributed by atoms with E-state index in [0.29, 0.717) is 10.7 Å². The van der Waals surface area contributed by atoms with Gasteiger partial charge in [-0.3, -0.25) is 0 Å². The predicted octanol–water partition coefficient (Wildman–Crippen LogP) is 0.906. The second-order valence-electron chi connectivity index (χ2n) is 4.60. The number of pyridine rings is 1. The molecule has 3 rings (SSSR count). The highest BCUT2D eigenvalue weighted by atomic mass is 127. The standard InChI is InChI=1S/C12H12ClIN2O4/c13-5-1-2-15-11-8(5)6(14)3-16(11)12-10(19)9(18)7(4-17)20-12/h1-3,7,9-10,12,17-19H,4H2/t7-,9-,10-,12-/m1/s1. The summed E-state index contributed by atoms with van der Waals surface area (Å²) in [6.07, 6.45) is -0.578. The fraction of sp³-hybridized carbons (Fsp3) is 0.417. The van der Waals surface area contributed by atoms with Crippen molar-refractivity contribution < 1.29 is 20.1 Å². The van der Waals surface area contributed by atoms with Crippen LogP contribution in [0.25, 0.3) is 11.0 Å². The molecule has 1 aliphatic rings. The molecule has 0 aromatic carbocycles. The number of hydrogen-bond acceptors (Lipinski definition) is 5. The maximum absolute atomic E-state index is 10.1. The van der Waals surface area contributed by atoms with Gasteiger partial charge >= 0.3 is 0 Å². The number of aromatic nitrogens is 2. The minimum Gasteiger partial charge on any atom is -0.394 e. The molecular weight excluding hydrogens is 398 g/mol. The van der Waals surface area contributed by atoms with Crippen molar-refractivity contribution in [3.63, 3.8) is 0 Å². The largest absolute Gasteiger partial charge is 0.394 e. The number of fused-ring (bicyclic) bond motifs is 1. The molecule has 1 fully saturated rings. The van der Waals surface area contributed by atoms with Gasteiger partial charge in [0.15, 0.2) is 6.23 Å². The van der Waals surface area contributed by atoms with Crippen LogP contribution in [0, 0.1) is 3.57 Å². The Morgan fingerprint density at radius 3 is 2.80 bits per heavy atom. The summed E-state index contributed by atoms with van der Waals surface area (Å²) in [7, 11) is 0. The van der Waals surface area contributed by atoms with E-state index in [-0.39, 0.29) is 6.61 Å². The van der Waals surface area contributed by atoms with Crippen molar-refractivity contribution in [2.75, 3.05) is 6.61 Å². The smallest absolute Gasteiger partial charge is 0.164 e. The van der Waals surface area contributed by atoms with E-state index in [2.05, 4.69) is 27.6 Å². The van der Waals surface area contributed by atoms with Crippen LogP contribution < -0.4 is 0 Å². The van der Waals surface area contributed by atoms with Crippen LogP contribution in [0.4, 0.5) is 0 Å². The van der Waals surface area contributed by atoms with Crippen LogP contribution in [0.5, 0.6) is 0 Å². The molecule has 4 atom stereocenters. The Kier molecular flexibility index (Phi) is 3.91. The van der Waals surface area contributed by atoms with Gasteiger partial charge < -0.3 is 24.6 Å². The molecule has 0 saturated carbocycles. The number of halogens is 2. The minimum absolute atomic E-state index is 0.362. The van der Waals surface area contributed by atoms with Crippen molar-refractivity contribution in [2.24, 2.45) is 0 Å². The number of hydrogen-bond donors (Lipinski definition) is 3. The summed E-state index contributed by atoms with van der Waals surface area (Å²) in [6.45, 7) is -0.362. The summed E-state index contributed by atoms with van der Waals surface area (Å²) >= 11 is 8.28. The van der Waals surface area contributed by atoms with Gasteiger partial charge in [0.25, 0.3) is 0 Å². The average molecular weight is 411 g/mol. The fourth-order valence-electron chi connectivity index (χ4n) is 2.40. The van der Waals surface area contributed by atoms with Gasteiger partial charge in [-0.2, -0.15) is 0 Å². The van der Waals surface area contributed by atoms with Crippen LogP contribution in [-0.2, 0) is 4.74 Å². The summed E-state index contributed by atoms with van der Waals surface area (Å²) in [5.74, 6) is 0. The van der Waals surface area contributed by atoms with E-state index in [1.165, 1.54) is 0 Å². The molecule has 2 aromatic heterocycles. The van der Waals surface area contributed by atoms with Gasteiger partial charge in [0.2, 0.25) is 0 Å². The lowest BCUT2D eigenvalue weighted by Gasteiger charge is -2.17. The minimum atomic E-state index is -1.14. The summed E-state index contributed by atoms with van der Waals surface area (Å²) in [5.41, 5.74) is 0.566. The van der Waals surface area contributed by atoms with Gasteiger partial charge in [-0.05, 0) is 28.7 Å². The predicted molar refractivity (Wildman–Crippen MR) is 80.5 cm³/mol. The molecule has 20 heavy (non-hydrogen) atoms. The lowest BCUT2D eigenvalue weighted by molar-refractivity contribution is -0.0509. The first-order chi connectivity index (χ1) is 9.54. The van der Waals surface area contributed by atoms with Crippen LogP contribution in [-0.4, -0.2) is 49.8 Å². The molecule has 0 aliphatic carbocycles. The normalized spacial score (nSPS) is 30.2. The molecule has 8 heteroatoms. The third-order valence-electron chi connectivity index (χ3n) is 3.41. The first-order valence-corrected chi connectivity index (χ1v) is 7.43. The maximum atomic E-state index is 10.1. The first kappa shape index (κ1) is 14.5. The van der Waals surface area contributed by atoms with E-state index in [0.717, 1.165) is 8.96 Å². The Morgan fingerprint density at radius 1 is 1.40 bits per heavy atom. The number of aliphatic hydroxyl groups excluding tert-OH is 3. The lowest BCUT2D eigenvalue weighted by Crippen LogP contribution is -2.33. The first-order valence-electron chi connectivity index (χ1n) is 5.97. The number of rotatable bonds is 2. The van der Waals surface area contributed by atoms with E-state index in [4.69, 9.17) is 21.4 Å². The molecule has 0 amide bonds. The van der Waals surface area contributed by atoms with Gasteiger partial charge in [-0.1, -0.05) is 11.6 Å². The zero-order valence-electron chi connectivity index (χ0n) is 10.1. The summed E-state index contributed by atoms with van der Waals surface area (Å²) in [6, 6.07) is 1.69. The number of ether oxygens (including phenoxy) is 1. The highest BCUT2D eigenvalue weighted by molar-refractivity contribution is 14.1. The molecule has 2 aromatic rings. The summed E-state index contributed by atoms with van der Waals surface area (Å²) < 4.78 is 8.01. The van der Waals surface area contributed by atoms with Crippen LogP contribution in [0.1, 0.15) is 6.23 Å². The molecule has 3 heterocycles. The lowest BCUT2D eigenvalue weighted by atomic mass is 10.1. The maximum Gasteiger partial charge on any atom is 0.164 e. The molecule has 0 radical (unpaired) electrons. The summed E-state index contributed by atoms with van der Waals surface area (Å²) in [5, 5.41) is 30.4. The number of aliphatic hydroxyl groups is 3. The number of nitrogens with zero attached hydrogens (tertiary/aromatic N) is 2. The van der Waals surface area contributed by atoms with Crippen molar-refractivity contribution in [3.05, 3.63) is 27.1 Å². The van der Waals surface area contributed by atoms with Crippen molar-refractivity contribution in [2.45, 2.75) is 24.5 Å². The highest BCUT2D eigenvalue weighted by Gasteiger charge is 2.43. The SMILES string of the molecule is OC[C@H]1O[C@@H](n2cc(I)c3c(Cl)ccnc32)[C@H](O)[C@@H]1O. The third-order valence-corrected chi connectivity index (χ3v) is 4.54. The van der Waals surface area contributed by atoms with Crippen molar-refractivity contribution in [3.8, 4) is 0 Å². The second kappa shape index (κ2) is 5.39. The third kappa shape index (κ3) is 2.13. The molecule has 0 spiro atoms. The molecule has 6 nitrogen and oxygen atoms in total. The zero-order chi connectivity index (χ0) is 14.4. The van der Waals surface area contributed by atoms with E-state index < -0.39 is 24.5 Å². The zero-order valence-corrected chi connectivity index (χ0v) is 13.1. The van der Waals surface area contributed by atoms with Gasteiger partial charge in [-0.15, -0.1) is 0 Å². The van der Waals surface area contributed by atoms with Gasteiger partial charge in [-0.25, -0.2) is 4.98 Å². The van der Waals surface area contributed by atoms with E-state index in [1.807, 2.05) is 0 Å². The Labute approximate surface area is 133 Å². The van der Waals surface area contributed by atoms with Crippen LogP contribution in [0.15, 0.2) is 18.5 Å². The molecule has 0 bridgehead atoms. The van der Waals surface area contributed by atoms with Gasteiger partial charge in [0.05, 0.1) is 17.0 Å². The molecule has 1 saturated heterocycles. The Hall–Kier alpha value is -0.450. The van der Waals surface area contributed by atoms with E-state index in [1.54, 1.807) is 23.0 Å². The summed E-state index contributed by atoms with van der Waals surface area (Å²) in [4.78, 5) is 4.26. The Morgan fingerprint density at radius 2 is 2.15 bits per heavy atom. The average Bonchev–Trinajstić information content (AvgIpc) is 2.90. The molecule has 0 unspecified atom stereocenters. The quantitative estimate of drug-likeness (QED) is 0.641. The molecule has 1 aliphatic heterocycles. The van der Waals surface area contributed by atoms with Crippen LogP contribution in [0.3, 0.4) is 0 Å². The second-order valence-corrected chi connectivity index (χ2v) is 6.17. The monoisotopic (exact) mass is 410 g/mol. The molecule has 3 N–H and O–H groups in total. The molecular formula is C12H12ClIN2O4. The van der Waals surface area contributed by atoms with Gasteiger partial charge in [0, 0.05) is 16.0 Å². The van der Waals surface area contributed by atoms with E-state index in [9.17, 15) is 10.2 Å². The highest BCUT2D eigenvalue weighted by Crippen LogP contribution is 2.35. The van der Waals surface area contributed by atoms with Crippen molar-refractivity contribution in [1.29, 1.82) is 0 Å². The molecule has 108 valence electrons. The van der Waals surface area contributed by atoms with Crippen LogP contribution >= 0.6 is 34.2 Å². The Bertz CT molecular complexity index is 650. The van der Waals surface area contributed by atoms with Crippen molar-refractivity contribution >= 4 is 45.2 Å². The van der Waals surface area contributed by atoms with Gasteiger partial charge in [0.1, 0.15) is 24.0 Å². The van der Waals surface area contributed by atoms with Crippen molar-refractivity contribution in [1.82, 2.24) is 9.55 Å².